The first-order chi connectivity index (χ1) is 17.1. The smallest absolute Gasteiger partial charge is 0.339 e. The Morgan fingerprint density at radius 3 is 2.44 bits per heavy atom. The average Bonchev–Trinajstić information content (AvgIpc) is 3.26. The van der Waals surface area contributed by atoms with Gasteiger partial charge in [-0.2, -0.15) is 5.10 Å². The van der Waals surface area contributed by atoms with Crippen molar-refractivity contribution in [1.29, 1.82) is 0 Å². The van der Waals surface area contributed by atoms with Crippen LogP contribution < -0.4 is 20.1 Å². The van der Waals surface area contributed by atoms with E-state index in [1.807, 2.05) is 19.9 Å². The van der Waals surface area contributed by atoms with E-state index in [2.05, 4.69) is 15.7 Å². The third-order valence-corrected chi connectivity index (χ3v) is 5.42. The SMILES string of the molecule is CC(C)NC(=O)NC(=O)C(C)OC(=O)c1cc(-c2ccc3c(c2)OCCO3)nc2c1cnn2C(C)C. The van der Waals surface area contributed by atoms with E-state index in [4.69, 9.17) is 19.2 Å². The van der Waals surface area contributed by atoms with Gasteiger partial charge in [0.15, 0.2) is 23.3 Å². The van der Waals surface area contributed by atoms with Crippen LogP contribution in [0.5, 0.6) is 11.5 Å². The van der Waals surface area contributed by atoms with Crippen LogP contribution in [0.15, 0.2) is 30.5 Å². The second-order valence-corrected chi connectivity index (χ2v) is 9.00. The standard InChI is InChI=1S/C25H29N5O6/c1-13(2)27-25(33)29-23(31)15(5)36-24(32)17-11-19(28-22-18(17)12-26-30(22)14(3)4)16-6-7-20-21(10-16)35-9-8-34-20/h6-7,10-15H,8-9H2,1-5H3,(H2,27,29,31,33). The number of aromatic nitrogens is 3. The van der Waals surface area contributed by atoms with Gasteiger partial charge in [0.1, 0.15) is 13.2 Å². The van der Waals surface area contributed by atoms with E-state index in [0.717, 1.165) is 0 Å². The lowest BCUT2D eigenvalue weighted by Gasteiger charge is -2.19. The van der Waals surface area contributed by atoms with Gasteiger partial charge in [-0.25, -0.2) is 19.3 Å². The Morgan fingerprint density at radius 1 is 1.03 bits per heavy atom. The molecule has 1 aromatic carbocycles. The van der Waals surface area contributed by atoms with Crippen molar-refractivity contribution in [2.75, 3.05) is 13.2 Å². The van der Waals surface area contributed by atoms with Crippen molar-refractivity contribution in [3.63, 3.8) is 0 Å². The van der Waals surface area contributed by atoms with Crippen molar-refractivity contribution in [3.05, 3.63) is 36.0 Å². The molecule has 11 heteroatoms. The number of nitrogens with one attached hydrogen (secondary N) is 2. The van der Waals surface area contributed by atoms with Crippen LogP contribution in [-0.4, -0.2) is 58.0 Å². The van der Waals surface area contributed by atoms with Crippen LogP contribution in [0.2, 0.25) is 0 Å². The molecule has 0 radical (unpaired) electrons. The van der Waals surface area contributed by atoms with Crippen LogP contribution in [0.25, 0.3) is 22.3 Å². The van der Waals surface area contributed by atoms with E-state index in [9.17, 15) is 14.4 Å². The van der Waals surface area contributed by atoms with Crippen LogP contribution >= 0.6 is 0 Å². The van der Waals surface area contributed by atoms with Crippen molar-refractivity contribution in [1.82, 2.24) is 25.4 Å². The Kier molecular flexibility index (Phi) is 7.09. The molecule has 4 rings (SSSR count). The molecule has 3 heterocycles. The average molecular weight is 496 g/mol. The van der Waals surface area contributed by atoms with Crippen molar-refractivity contribution in [3.8, 4) is 22.8 Å². The first-order valence-corrected chi connectivity index (χ1v) is 11.7. The molecule has 2 aromatic heterocycles. The van der Waals surface area contributed by atoms with Gasteiger partial charge in [-0.15, -0.1) is 0 Å². The number of carbonyl (C=O) groups is 3. The molecule has 0 fully saturated rings. The van der Waals surface area contributed by atoms with Crippen LogP contribution in [0.1, 0.15) is 51.0 Å². The molecule has 36 heavy (non-hydrogen) atoms. The van der Waals surface area contributed by atoms with Crippen LogP contribution in [-0.2, 0) is 9.53 Å². The summed E-state index contributed by atoms with van der Waals surface area (Å²) < 4.78 is 18.4. The maximum atomic E-state index is 13.2. The first kappa shape index (κ1) is 25.0. The molecular formula is C25H29N5O6. The van der Waals surface area contributed by atoms with Gasteiger partial charge in [0.05, 0.1) is 22.8 Å². The maximum absolute atomic E-state index is 13.2. The van der Waals surface area contributed by atoms with Gasteiger partial charge < -0.3 is 19.5 Å². The molecule has 0 saturated heterocycles. The Labute approximate surface area is 208 Å². The number of imide groups is 1. The summed E-state index contributed by atoms with van der Waals surface area (Å²) in [5.41, 5.74) is 1.91. The molecule has 190 valence electrons. The monoisotopic (exact) mass is 495 g/mol. The van der Waals surface area contributed by atoms with Crippen LogP contribution in [0, 0.1) is 0 Å². The minimum Gasteiger partial charge on any atom is -0.486 e. The number of esters is 1. The third-order valence-electron chi connectivity index (χ3n) is 5.42. The Balaban J connectivity index is 1.67. The lowest BCUT2D eigenvalue weighted by atomic mass is 10.1. The predicted octanol–water partition coefficient (Wildman–Crippen LogP) is 3.23. The Bertz CT molecular complexity index is 1320. The van der Waals surface area contributed by atoms with Gasteiger partial charge in [-0.3, -0.25) is 10.1 Å². The quantitative estimate of drug-likeness (QED) is 0.498. The van der Waals surface area contributed by atoms with Crippen molar-refractivity contribution in [2.45, 2.75) is 52.8 Å². The molecule has 0 aliphatic carbocycles. The number of fused-ring (bicyclic) bond motifs is 2. The molecule has 1 atom stereocenters. The molecule has 3 aromatic rings. The molecule has 1 aliphatic rings. The third kappa shape index (κ3) is 5.24. The number of carbonyl (C=O) groups excluding carboxylic acids is 3. The summed E-state index contributed by atoms with van der Waals surface area (Å²) in [5.74, 6) is -0.250. The highest BCUT2D eigenvalue weighted by atomic mass is 16.6. The molecule has 1 aliphatic heterocycles. The second-order valence-electron chi connectivity index (χ2n) is 9.00. The number of pyridine rings is 1. The van der Waals surface area contributed by atoms with E-state index in [1.54, 1.807) is 42.9 Å². The highest BCUT2D eigenvalue weighted by Crippen LogP contribution is 2.35. The van der Waals surface area contributed by atoms with Gasteiger partial charge in [0.2, 0.25) is 0 Å². The van der Waals surface area contributed by atoms with Gasteiger partial charge >= 0.3 is 12.0 Å². The number of amides is 3. The number of hydrogen-bond donors (Lipinski definition) is 2. The highest BCUT2D eigenvalue weighted by molar-refractivity contribution is 6.05. The zero-order valence-electron chi connectivity index (χ0n) is 20.8. The number of nitrogens with zero attached hydrogens (tertiary/aromatic N) is 3. The van der Waals surface area contributed by atoms with Crippen molar-refractivity contribution >= 4 is 28.9 Å². The van der Waals surface area contributed by atoms with Gasteiger partial charge in [-0.05, 0) is 58.9 Å². The van der Waals surface area contributed by atoms with E-state index in [-0.39, 0.29) is 17.6 Å². The number of urea groups is 1. The summed E-state index contributed by atoms with van der Waals surface area (Å²) in [6.45, 7) is 9.75. The Hall–Kier alpha value is -4.15. The summed E-state index contributed by atoms with van der Waals surface area (Å²) in [5, 5.41) is 9.60. The molecule has 1 unspecified atom stereocenters. The molecule has 0 bridgehead atoms. The maximum Gasteiger partial charge on any atom is 0.339 e. The summed E-state index contributed by atoms with van der Waals surface area (Å²) in [4.78, 5) is 42.2. The van der Waals surface area contributed by atoms with Crippen LogP contribution in [0.3, 0.4) is 0 Å². The number of hydrogen-bond acceptors (Lipinski definition) is 8. The molecule has 0 saturated carbocycles. The fraction of sp³-hybridized carbons (Fsp3) is 0.400. The summed E-state index contributed by atoms with van der Waals surface area (Å²) >= 11 is 0. The minimum atomic E-state index is -1.21. The molecule has 11 nitrogen and oxygen atoms in total. The lowest BCUT2D eigenvalue weighted by Crippen LogP contribution is -2.46. The largest absolute Gasteiger partial charge is 0.486 e. The minimum absolute atomic E-state index is 0.0152. The normalized spacial score (nSPS) is 13.5. The molecule has 2 N–H and O–H groups in total. The summed E-state index contributed by atoms with van der Waals surface area (Å²) in [7, 11) is 0. The van der Waals surface area contributed by atoms with E-state index < -0.39 is 24.0 Å². The number of rotatable bonds is 6. The summed E-state index contributed by atoms with van der Waals surface area (Å²) in [6, 6.07) is 6.19. The first-order valence-electron chi connectivity index (χ1n) is 11.7. The van der Waals surface area contributed by atoms with E-state index in [0.29, 0.717) is 47.0 Å². The topological polar surface area (TPSA) is 134 Å². The molecule has 3 amide bonds. The molecular weight excluding hydrogens is 466 g/mol. The zero-order valence-corrected chi connectivity index (χ0v) is 20.8. The lowest BCUT2D eigenvalue weighted by molar-refractivity contribution is -0.127. The highest BCUT2D eigenvalue weighted by Gasteiger charge is 2.25. The van der Waals surface area contributed by atoms with Gasteiger partial charge in [-0.1, -0.05) is 0 Å². The zero-order chi connectivity index (χ0) is 26.0. The number of benzene rings is 1. The predicted molar refractivity (Wildman–Crippen MR) is 131 cm³/mol. The Morgan fingerprint density at radius 2 is 1.75 bits per heavy atom. The van der Waals surface area contributed by atoms with Crippen molar-refractivity contribution < 1.29 is 28.6 Å². The van der Waals surface area contributed by atoms with Crippen LogP contribution in [0.4, 0.5) is 4.79 Å². The second kappa shape index (κ2) is 10.2. The van der Waals surface area contributed by atoms with Gasteiger partial charge in [0, 0.05) is 17.6 Å². The van der Waals surface area contributed by atoms with E-state index >= 15 is 0 Å². The number of ether oxygens (including phenoxy) is 3. The van der Waals surface area contributed by atoms with Crippen molar-refractivity contribution in [2.24, 2.45) is 0 Å². The molecule has 0 spiro atoms. The van der Waals surface area contributed by atoms with E-state index in [1.165, 1.54) is 6.92 Å². The van der Waals surface area contributed by atoms with Gasteiger partial charge in [0.25, 0.3) is 5.91 Å². The summed E-state index contributed by atoms with van der Waals surface area (Å²) in [6.07, 6.45) is 0.337. The fourth-order valence-corrected chi connectivity index (χ4v) is 3.70. The fourth-order valence-electron chi connectivity index (χ4n) is 3.70.